The van der Waals surface area contributed by atoms with Gasteiger partial charge in [-0.15, -0.1) is 0 Å². The molecule has 62 valence electrons. The lowest BCUT2D eigenvalue weighted by Gasteiger charge is -2.15. The maximum absolute atomic E-state index is 3.48. The Balaban J connectivity index is 3.00. The van der Waals surface area contributed by atoms with E-state index >= 15 is 0 Å². The van der Waals surface area contributed by atoms with Gasteiger partial charge in [0.1, 0.15) is 0 Å². The predicted octanol–water partition coefficient (Wildman–Crippen LogP) is 3.06. The molecule has 0 saturated carbocycles. The van der Waals surface area contributed by atoms with Crippen LogP contribution >= 0.6 is 15.9 Å². The molecule has 1 nitrogen and oxygen atoms in total. The van der Waals surface area contributed by atoms with Gasteiger partial charge < -0.3 is 4.57 Å². The highest BCUT2D eigenvalue weighted by Crippen LogP contribution is 2.16. The molecule has 1 heterocycles. The molecule has 0 aromatic carbocycles. The number of rotatable bonds is 2. The summed E-state index contributed by atoms with van der Waals surface area (Å²) in [6.45, 7) is 6.51. The average molecular weight is 216 g/mol. The first kappa shape index (κ1) is 8.85. The zero-order valence-electron chi connectivity index (χ0n) is 7.26. The second-order valence-corrected chi connectivity index (χ2v) is 3.64. The fraction of sp³-hybridized carbons (Fsp3) is 0.556. The Morgan fingerprint density at radius 1 is 1.36 bits per heavy atom. The highest BCUT2D eigenvalue weighted by atomic mass is 79.9. The molecule has 0 radical (unpaired) electrons. The summed E-state index contributed by atoms with van der Waals surface area (Å²) in [5, 5.41) is 1.02. The molecule has 1 atom stereocenters. The van der Waals surface area contributed by atoms with Gasteiger partial charge in [0.05, 0.1) is 0 Å². The zero-order valence-corrected chi connectivity index (χ0v) is 8.85. The SMILES string of the molecule is Cc1ccc(C)n1[C@H](C)CBr. The van der Waals surface area contributed by atoms with Gasteiger partial charge in [0.15, 0.2) is 0 Å². The summed E-state index contributed by atoms with van der Waals surface area (Å²) >= 11 is 3.48. The predicted molar refractivity (Wildman–Crippen MR) is 52.4 cm³/mol. The quantitative estimate of drug-likeness (QED) is 0.669. The third-order valence-corrected chi connectivity index (χ3v) is 2.93. The van der Waals surface area contributed by atoms with Crippen molar-refractivity contribution in [3.05, 3.63) is 23.5 Å². The fourth-order valence-corrected chi connectivity index (χ4v) is 1.73. The molecule has 11 heavy (non-hydrogen) atoms. The minimum Gasteiger partial charge on any atom is -0.346 e. The van der Waals surface area contributed by atoms with Crippen molar-refractivity contribution >= 4 is 15.9 Å². The van der Waals surface area contributed by atoms with Crippen LogP contribution in [0.3, 0.4) is 0 Å². The molecule has 0 saturated heterocycles. The lowest BCUT2D eigenvalue weighted by atomic mass is 10.3. The summed E-state index contributed by atoms with van der Waals surface area (Å²) in [7, 11) is 0. The van der Waals surface area contributed by atoms with Crippen LogP contribution in [-0.4, -0.2) is 9.90 Å². The molecule has 0 unspecified atom stereocenters. The van der Waals surface area contributed by atoms with Crippen molar-refractivity contribution in [2.75, 3.05) is 5.33 Å². The molecular formula is C9H14BrN. The van der Waals surface area contributed by atoms with Gasteiger partial charge in [0, 0.05) is 22.8 Å². The standard InChI is InChI=1S/C9H14BrN/c1-7-4-5-8(2)11(7)9(3)6-10/h4-5,9H,6H2,1-3H3/t9-/m1/s1. The Kier molecular flexibility index (Phi) is 2.77. The summed E-state index contributed by atoms with van der Waals surface area (Å²) in [5.74, 6) is 0. The molecule has 0 aliphatic rings. The van der Waals surface area contributed by atoms with E-state index in [4.69, 9.17) is 0 Å². The molecule has 0 aliphatic heterocycles. The Morgan fingerprint density at radius 3 is 2.18 bits per heavy atom. The van der Waals surface area contributed by atoms with Crippen LogP contribution in [0.1, 0.15) is 24.4 Å². The van der Waals surface area contributed by atoms with Crippen molar-refractivity contribution < 1.29 is 0 Å². The summed E-state index contributed by atoms with van der Waals surface area (Å²) < 4.78 is 2.34. The van der Waals surface area contributed by atoms with Crippen LogP contribution in [0.15, 0.2) is 12.1 Å². The average Bonchev–Trinajstić information content (AvgIpc) is 2.30. The highest BCUT2D eigenvalue weighted by Gasteiger charge is 2.06. The Labute approximate surface area is 76.5 Å². The number of halogens is 1. The van der Waals surface area contributed by atoms with Crippen LogP contribution in [0.25, 0.3) is 0 Å². The molecule has 1 aromatic heterocycles. The van der Waals surface area contributed by atoms with Gasteiger partial charge >= 0.3 is 0 Å². The Hall–Kier alpha value is -0.240. The van der Waals surface area contributed by atoms with Crippen LogP contribution in [-0.2, 0) is 0 Å². The second kappa shape index (κ2) is 3.44. The van der Waals surface area contributed by atoms with E-state index in [0.717, 1.165) is 5.33 Å². The minimum atomic E-state index is 0.560. The fourth-order valence-electron chi connectivity index (χ4n) is 1.44. The smallest absolute Gasteiger partial charge is 0.0404 e. The van der Waals surface area contributed by atoms with Crippen molar-refractivity contribution in [2.45, 2.75) is 26.8 Å². The van der Waals surface area contributed by atoms with Gasteiger partial charge in [0.25, 0.3) is 0 Å². The monoisotopic (exact) mass is 215 g/mol. The molecule has 0 amide bonds. The van der Waals surface area contributed by atoms with Gasteiger partial charge in [-0.1, -0.05) is 15.9 Å². The first-order valence-corrected chi connectivity index (χ1v) is 4.99. The van der Waals surface area contributed by atoms with Crippen molar-refractivity contribution in [1.82, 2.24) is 4.57 Å². The van der Waals surface area contributed by atoms with E-state index in [9.17, 15) is 0 Å². The first-order chi connectivity index (χ1) is 5.16. The lowest BCUT2D eigenvalue weighted by molar-refractivity contribution is 0.586. The maximum atomic E-state index is 3.48. The largest absolute Gasteiger partial charge is 0.346 e. The van der Waals surface area contributed by atoms with Crippen molar-refractivity contribution in [3.8, 4) is 0 Å². The van der Waals surface area contributed by atoms with Crippen LogP contribution in [0.5, 0.6) is 0 Å². The summed E-state index contributed by atoms with van der Waals surface area (Å²) in [4.78, 5) is 0. The number of hydrogen-bond acceptors (Lipinski definition) is 0. The third kappa shape index (κ3) is 1.67. The van der Waals surface area contributed by atoms with Gasteiger partial charge in [-0.05, 0) is 32.9 Å². The lowest BCUT2D eigenvalue weighted by Crippen LogP contribution is -2.09. The van der Waals surface area contributed by atoms with Crippen molar-refractivity contribution in [2.24, 2.45) is 0 Å². The van der Waals surface area contributed by atoms with Crippen LogP contribution in [0, 0.1) is 13.8 Å². The topological polar surface area (TPSA) is 4.93 Å². The van der Waals surface area contributed by atoms with E-state index in [-0.39, 0.29) is 0 Å². The Bertz CT molecular complexity index is 220. The Morgan fingerprint density at radius 2 is 1.82 bits per heavy atom. The number of aromatic nitrogens is 1. The van der Waals surface area contributed by atoms with E-state index < -0.39 is 0 Å². The summed E-state index contributed by atoms with van der Waals surface area (Å²) in [5.41, 5.74) is 2.68. The molecule has 0 fully saturated rings. The second-order valence-electron chi connectivity index (χ2n) is 2.99. The van der Waals surface area contributed by atoms with Crippen LogP contribution in [0.4, 0.5) is 0 Å². The van der Waals surface area contributed by atoms with E-state index in [1.54, 1.807) is 0 Å². The molecule has 0 aliphatic carbocycles. The van der Waals surface area contributed by atoms with Gasteiger partial charge in [-0.2, -0.15) is 0 Å². The minimum absolute atomic E-state index is 0.560. The molecule has 0 bridgehead atoms. The molecule has 0 N–H and O–H groups in total. The first-order valence-electron chi connectivity index (χ1n) is 3.87. The third-order valence-electron chi connectivity index (χ3n) is 1.99. The number of aryl methyl sites for hydroxylation is 2. The normalized spacial score (nSPS) is 13.5. The van der Waals surface area contributed by atoms with Gasteiger partial charge in [0.2, 0.25) is 0 Å². The molecule has 0 spiro atoms. The number of nitrogens with zero attached hydrogens (tertiary/aromatic N) is 1. The van der Waals surface area contributed by atoms with E-state index in [1.807, 2.05) is 0 Å². The van der Waals surface area contributed by atoms with Crippen molar-refractivity contribution in [1.29, 1.82) is 0 Å². The van der Waals surface area contributed by atoms with E-state index in [2.05, 4.69) is 53.4 Å². The summed E-state index contributed by atoms with van der Waals surface area (Å²) in [6.07, 6.45) is 0. The highest BCUT2D eigenvalue weighted by molar-refractivity contribution is 9.09. The number of alkyl halides is 1. The van der Waals surface area contributed by atoms with E-state index in [0.29, 0.717) is 6.04 Å². The number of hydrogen-bond donors (Lipinski definition) is 0. The van der Waals surface area contributed by atoms with Crippen LogP contribution < -0.4 is 0 Å². The summed E-state index contributed by atoms with van der Waals surface area (Å²) in [6, 6.07) is 4.88. The van der Waals surface area contributed by atoms with Gasteiger partial charge in [-0.25, -0.2) is 0 Å². The van der Waals surface area contributed by atoms with Crippen LogP contribution in [0.2, 0.25) is 0 Å². The molecule has 1 rings (SSSR count). The maximum Gasteiger partial charge on any atom is 0.0404 e. The van der Waals surface area contributed by atoms with E-state index in [1.165, 1.54) is 11.4 Å². The van der Waals surface area contributed by atoms with Crippen molar-refractivity contribution in [3.63, 3.8) is 0 Å². The molecule has 2 heteroatoms. The van der Waals surface area contributed by atoms with Gasteiger partial charge in [-0.3, -0.25) is 0 Å². The molecule has 1 aromatic rings. The molecular weight excluding hydrogens is 202 g/mol. The zero-order chi connectivity index (χ0) is 8.43.